The van der Waals surface area contributed by atoms with Gasteiger partial charge >= 0.3 is 0 Å². The SMILES string of the molecule is COc1ccc(C2(CNC(=O)Cc3ccc(OC)cc3OC)CCOCC2)cc1. The van der Waals surface area contributed by atoms with Crippen LogP contribution in [0.3, 0.4) is 0 Å². The van der Waals surface area contributed by atoms with E-state index in [1.54, 1.807) is 27.4 Å². The molecule has 2 aromatic carbocycles. The van der Waals surface area contributed by atoms with Crippen molar-refractivity contribution in [1.82, 2.24) is 5.32 Å². The van der Waals surface area contributed by atoms with Crippen LogP contribution in [0.2, 0.25) is 0 Å². The second-order valence-electron chi connectivity index (χ2n) is 7.25. The standard InChI is InChI=1S/C23H29NO5/c1-26-19-8-5-18(6-9-19)23(10-12-29-13-11-23)16-24-22(25)14-17-4-7-20(27-2)15-21(17)28-3/h4-9,15H,10-14,16H2,1-3H3,(H,24,25). The highest BCUT2D eigenvalue weighted by atomic mass is 16.5. The summed E-state index contributed by atoms with van der Waals surface area (Å²) in [6.45, 7) is 1.95. The topological polar surface area (TPSA) is 66.0 Å². The molecule has 0 spiro atoms. The Morgan fingerprint density at radius 2 is 1.62 bits per heavy atom. The molecular formula is C23H29NO5. The quantitative estimate of drug-likeness (QED) is 0.739. The second kappa shape index (κ2) is 9.65. The normalized spacial score (nSPS) is 15.4. The highest BCUT2D eigenvalue weighted by Gasteiger charge is 2.35. The van der Waals surface area contributed by atoms with Gasteiger partial charge in [-0.2, -0.15) is 0 Å². The van der Waals surface area contributed by atoms with E-state index in [9.17, 15) is 4.79 Å². The summed E-state index contributed by atoms with van der Waals surface area (Å²) in [5, 5.41) is 3.14. The lowest BCUT2D eigenvalue weighted by Gasteiger charge is -2.38. The van der Waals surface area contributed by atoms with Gasteiger partial charge in [0.15, 0.2) is 0 Å². The van der Waals surface area contributed by atoms with Gasteiger partial charge in [0, 0.05) is 36.8 Å². The molecule has 0 radical (unpaired) electrons. The Hall–Kier alpha value is -2.73. The largest absolute Gasteiger partial charge is 0.497 e. The lowest BCUT2D eigenvalue weighted by atomic mass is 9.74. The molecule has 0 aromatic heterocycles. The molecule has 1 aliphatic rings. The van der Waals surface area contributed by atoms with Crippen molar-refractivity contribution >= 4 is 5.91 Å². The first-order valence-corrected chi connectivity index (χ1v) is 9.80. The molecule has 29 heavy (non-hydrogen) atoms. The molecule has 156 valence electrons. The fourth-order valence-corrected chi connectivity index (χ4v) is 3.78. The third kappa shape index (κ3) is 5.01. The predicted molar refractivity (Wildman–Crippen MR) is 111 cm³/mol. The van der Waals surface area contributed by atoms with Crippen LogP contribution in [0.4, 0.5) is 0 Å². The van der Waals surface area contributed by atoms with Crippen molar-refractivity contribution in [3.05, 3.63) is 53.6 Å². The molecule has 1 N–H and O–H groups in total. The van der Waals surface area contributed by atoms with E-state index in [1.807, 2.05) is 24.3 Å². The van der Waals surface area contributed by atoms with E-state index in [1.165, 1.54) is 5.56 Å². The first-order chi connectivity index (χ1) is 14.1. The number of hydrogen-bond donors (Lipinski definition) is 1. The smallest absolute Gasteiger partial charge is 0.224 e. The first kappa shape index (κ1) is 21.0. The van der Waals surface area contributed by atoms with Gasteiger partial charge in [0.1, 0.15) is 17.2 Å². The Bertz CT molecular complexity index is 813. The highest BCUT2D eigenvalue weighted by molar-refractivity contribution is 5.79. The van der Waals surface area contributed by atoms with Gasteiger partial charge in [-0.15, -0.1) is 0 Å². The zero-order valence-corrected chi connectivity index (χ0v) is 17.3. The van der Waals surface area contributed by atoms with Gasteiger partial charge in [-0.05, 0) is 36.6 Å². The van der Waals surface area contributed by atoms with Crippen molar-refractivity contribution in [3.63, 3.8) is 0 Å². The van der Waals surface area contributed by atoms with Gasteiger partial charge in [0.25, 0.3) is 0 Å². The molecular weight excluding hydrogens is 370 g/mol. The summed E-state index contributed by atoms with van der Waals surface area (Å²) in [6.07, 6.45) is 1.99. The number of ether oxygens (including phenoxy) is 4. The number of benzene rings is 2. The molecule has 0 saturated carbocycles. The zero-order chi connectivity index (χ0) is 20.7. The van der Waals surface area contributed by atoms with Crippen LogP contribution in [0.15, 0.2) is 42.5 Å². The molecule has 1 amide bonds. The molecule has 1 aliphatic heterocycles. The summed E-state index contributed by atoms with van der Waals surface area (Å²) in [6, 6.07) is 13.6. The second-order valence-corrected chi connectivity index (χ2v) is 7.25. The summed E-state index contributed by atoms with van der Waals surface area (Å²) in [5.41, 5.74) is 1.89. The summed E-state index contributed by atoms with van der Waals surface area (Å²) >= 11 is 0. The van der Waals surface area contributed by atoms with E-state index in [0.717, 1.165) is 24.2 Å². The monoisotopic (exact) mass is 399 g/mol. The Labute approximate surface area is 172 Å². The van der Waals surface area contributed by atoms with Crippen LogP contribution in [0, 0.1) is 0 Å². The van der Waals surface area contributed by atoms with E-state index in [4.69, 9.17) is 18.9 Å². The van der Waals surface area contributed by atoms with E-state index in [2.05, 4.69) is 17.4 Å². The summed E-state index contributed by atoms with van der Waals surface area (Å²) in [5.74, 6) is 2.14. The zero-order valence-electron chi connectivity index (χ0n) is 17.3. The van der Waals surface area contributed by atoms with Crippen LogP contribution in [0.1, 0.15) is 24.0 Å². The molecule has 1 saturated heterocycles. The van der Waals surface area contributed by atoms with Crippen molar-refractivity contribution in [1.29, 1.82) is 0 Å². The molecule has 0 atom stereocenters. The summed E-state index contributed by atoms with van der Waals surface area (Å²) < 4.78 is 21.5. The number of hydrogen-bond acceptors (Lipinski definition) is 5. The highest BCUT2D eigenvalue weighted by Crippen LogP contribution is 2.35. The Kier molecular flexibility index (Phi) is 6.99. The first-order valence-electron chi connectivity index (χ1n) is 9.80. The van der Waals surface area contributed by atoms with Crippen LogP contribution >= 0.6 is 0 Å². The van der Waals surface area contributed by atoms with Crippen LogP contribution in [-0.2, 0) is 21.4 Å². The maximum atomic E-state index is 12.7. The van der Waals surface area contributed by atoms with Gasteiger partial charge in [-0.25, -0.2) is 0 Å². The number of carbonyl (C=O) groups excluding carboxylic acids is 1. The summed E-state index contributed by atoms with van der Waals surface area (Å²) in [7, 11) is 4.86. The van der Waals surface area contributed by atoms with Crippen molar-refractivity contribution in [3.8, 4) is 17.2 Å². The fraction of sp³-hybridized carbons (Fsp3) is 0.435. The number of nitrogens with one attached hydrogen (secondary N) is 1. The fourth-order valence-electron chi connectivity index (χ4n) is 3.78. The lowest BCUT2D eigenvalue weighted by molar-refractivity contribution is -0.121. The van der Waals surface area contributed by atoms with Crippen molar-refractivity contribution in [2.24, 2.45) is 0 Å². The van der Waals surface area contributed by atoms with Crippen molar-refractivity contribution in [2.75, 3.05) is 41.1 Å². The number of carbonyl (C=O) groups is 1. The predicted octanol–water partition coefficient (Wildman–Crippen LogP) is 3.12. The molecule has 6 heteroatoms. The van der Waals surface area contributed by atoms with E-state index in [0.29, 0.717) is 31.3 Å². The van der Waals surface area contributed by atoms with Crippen LogP contribution < -0.4 is 19.5 Å². The third-order valence-corrected chi connectivity index (χ3v) is 5.62. The van der Waals surface area contributed by atoms with Crippen molar-refractivity contribution < 1.29 is 23.7 Å². The lowest BCUT2D eigenvalue weighted by Crippen LogP contribution is -2.45. The van der Waals surface area contributed by atoms with Gasteiger partial charge in [-0.3, -0.25) is 4.79 Å². The minimum absolute atomic E-state index is 0.0344. The Balaban J connectivity index is 1.70. The van der Waals surface area contributed by atoms with Crippen LogP contribution in [0.5, 0.6) is 17.2 Å². The van der Waals surface area contributed by atoms with Crippen LogP contribution in [0.25, 0.3) is 0 Å². The van der Waals surface area contributed by atoms with E-state index in [-0.39, 0.29) is 17.7 Å². The molecule has 2 aromatic rings. The molecule has 0 bridgehead atoms. The maximum absolute atomic E-state index is 12.7. The minimum Gasteiger partial charge on any atom is -0.497 e. The molecule has 1 heterocycles. The van der Waals surface area contributed by atoms with Gasteiger partial charge in [-0.1, -0.05) is 18.2 Å². The van der Waals surface area contributed by atoms with Crippen LogP contribution in [-0.4, -0.2) is 47.0 Å². The van der Waals surface area contributed by atoms with Gasteiger partial charge < -0.3 is 24.3 Å². The van der Waals surface area contributed by atoms with Gasteiger partial charge in [0.2, 0.25) is 5.91 Å². The Morgan fingerprint density at radius 1 is 0.966 bits per heavy atom. The number of methoxy groups -OCH3 is 3. The molecule has 6 nitrogen and oxygen atoms in total. The molecule has 0 unspecified atom stereocenters. The average Bonchev–Trinajstić information content (AvgIpc) is 2.78. The molecule has 3 rings (SSSR count). The number of rotatable bonds is 8. The van der Waals surface area contributed by atoms with Gasteiger partial charge in [0.05, 0.1) is 27.8 Å². The Morgan fingerprint density at radius 3 is 2.24 bits per heavy atom. The van der Waals surface area contributed by atoms with Crippen molar-refractivity contribution in [2.45, 2.75) is 24.7 Å². The van der Waals surface area contributed by atoms with E-state index >= 15 is 0 Å². The maximum Gasteiger partial charge on any atom is 0.224 e. The number of amides is 1. The third-order valence-electron chi connectivity index (χ3n) is 5.62. The minimum atomic E-state index is -0.135. The molecule has 0 aliphatic carbocycles. The average molecular weight is 399 g/mol. The molecule has 1 fully saturated rings. The summed E-state index contributed by atoms with van der Waals surface area (Å²) in [4.78, 5) is 12.7. The van der Waals surface area contributed by atoms with E-state index < -0.39 is 0 Å².